The number of para-hydroxylation sites is 1. The maximum absolute atomic E-state index is 4.45. The van der Waals surface area contributed by atoms with Crippen LogP contribution in [-0.4, -0.2) is 52.8 Å². The van der Waals surface area contributed by atoms with Crippen LogP contribution in [0.2, 0.25) is 0 Å². The summed E-state index contributed by atoms with van der Waals surface area (Å²) >= 11 is 0. The van der Waals surface area contributed by atoms with E-state index in [9.17, 15) is 0 Å². The van der Waals surface area contributed by atoms with Gasteiger partial charge in [-0.05, 0) is 19.2 Å². The molecule has 0 bridgehead atoms. The largest absolute Gasteiger partial charge is 0.304 e. The molecule has 0 saturated carbocycles. The summed E-state index contributed by atoms with van der Waals surface area (Å²) < 4.78 is 1.95. The summed E-state index contributed by atoms with van der Waals surface area (Å²) in [6, 6.07) is 10.3. The lowest BCUT2D eigenvalue weighted by Gasteiger charge is -2.31. The second kappa shape index (κ2) is 8.39. The van der Waals surface area contributed by atoms with Gasteiger partial charge in [0.1, 0.15) is 0 Å². The van der Waals surface area contributed by atoms with Crippen LogP contribution in [0.1, 0.15) is 5.56 Å². The Labute approximate surface area is 138 Å². The molecule has 2 aromatic rings. The molecule has 0 aliphatic carbocycles. The molecule has 0 N–H and O–H groups in total. The number of nitrogens with zero attached hydrogens (tertiary/aromatic N) is 4. The fraction of sp³-hybridized carbons (Fsp3) is 0.400. The van der Waals surface area contributed by atoms with Crippen LogP contribution in [0.5, 0.6) is 0 Å². The highest BCUT2D eigenvalue weighted by molar-refractivity contribution is 5.85. The Hall–Kier alpha value is -1.07. The zero-order chi connectivity index (χ0) is 13.1. The van der Waals surface area contributed by atoms with Crippen molar-refractivity contribution in [3.05, 3.63) is 48.3 Å². The van der Waals surface area contributed by atoms with Crippen LogP contribution in [0.3, 0.4) is 0 Å². The Bertz CT molecular complexity index is 521. The highest BCUT2D eigenvalue weighted by atomic mass is 35.5. The topological polar surface area (TPSA) is 24.3 Å². The maximum atomic E-state index is 4.45. The van der Waals surface area contributed by atoms with E-state index >= 15 is 0 Å². The molecular formula is C15H22Cl2N4. The highest BCUT2D eigenvalue weighted by Crippen LogP contribution is 2.10. The van der Waals surface area contributed by atoms with Gasteiger partial charge in [0.2, 0.25) is 0 Å². The number of aromatic nitrogens is 2. The van der Waals surface area contributed by atoms with Gasteiger partial charge in [0.25, 0.3) is 0 Å². The molecule has 1 aromatic carbocycles. The van der Waals surface area contributed by atoms with E-state index in [1.807, 2.05) is 29.1 Å². The van der Waals surface area contributed by atoms with Crippen LogP contribution >= 0.6 is 24.8 Å². The number of likely N-dealkylation sites (N-methyl/N-ethyl adjacent to an activating group) is 1. The zero-order valence-corrected chi connectivity index (χ0v) is 13.8. The molecule has 21 heavy (non-hydrogen) atoms. The lowest BCUT2D eigenvalue weighted by atomic mass is 10.2. The molecule has 6 heteroatoms. The summed E-state index contributed by atoms with van der Waals surface area (Å²) in [7, 11) is 2.19. The van der Waals surface area contributed by atoms with Crippen LogP contribution in [0, 0.1) is 0 Å². The fourth-order valence-corrected chi connectivity index (χ4v) is 2.43. The van der Waals surface area contributed by atoms with Crippen molar-refractivity contribution in [3.63, 3.8) is 0 Å². The molecule has 0 unspecified atom stereocenters. The van der Waals surface area contributed by atoms with E-state index in [1.54, 1.807) is 0 Å². The molecule has 1 aliphatic rings. The van der Waals surface area contributed by atoms with Gasteiger partial charge < -0.3 is 4.90 Å². The summed E-state index contributed by atoms with van der Waals surface area (Å²) in [6.07, 6.45) is 4.11. The average Bonchev–Trinajstić information content (AvgIpc) is 2.91. The van der Waals surface area contributed by atoms with Crippen LogP contribution in [0.4, 0.5) is 0 Å². The van der Waals surface area contributed by atoms with Gasteiger partial charge in [-0.25, -0.2) is 4.68 Å². The normalized spacial score (nSPS) is 16.0. The number of rotatable bonds is 3. The number of halogens is 2. The summed E-state index contributed by atoms with van der Waals surface area (Å²) in [5, 5.41) is 4.45. The molecule has 1 aromatic heterocycles. The fourth-order valence-electron chi connectivity index (χ4n) is 2.43. The average molecular weight is 329 g/mol. The van der Waals surface area contributed by atoms with Gasteiger partial charge in [0.15, 0.2) is 0 Å². The molecule has 0 spiro atoms. The molecule has 3 rings (SSSR count). The first-order chi connectivity index (χ1) is 9.31. The van der Waals surface area contributed by atoms with E-state index in [4.69, 9.17) is 0 Å². The van der Waals surface area contributed by atoms with E-state index in [0.29, 0.717) is 0 Å². The number of benzene rings is 1. The SMILES string of the molecule is CN1CCN(Cc2cnn(-c3ccccc3)c2)CC1.Cl.Cl. The summed E-state index contributed by atoms with van der Waals surface area (Å²) in [5.74, 6) is 0. The zero-order valence-electron chi connectivity index (χ0n) is 12.2. The van der Waals surface area contributed by atoms with Crippen molar-refractivity contribution >= 4 is 24.8 Å². The van der Waals surface area contributed by atoms with Gasteiger partial charge in [-0.15, -0.1) is 24.8 Å². The molecule has 0 amide bonds. The molecule has 1 fully saturated rings. The third-order valence-electron chi connectivity index (χ3n) is 3.66. The van der Waals surface area contributed by atoms with Crippen LogP contribution in [0.15, 0.2) is 42.7 Å². The number of piperazine rings is 1. The van der Waals surface area contributed by atoms with Crippen molar-refractivity contribution in [1.29, 1.82) is 0 Å². The molecule has 116 valence electrons. The first-order valence-corrected chi connectivity index (χ1v) is 6.81. The Balaban J connectivity index is 0.00000110. The van der Waals surface area contributed by atoms with Gasteiger partial charge in [-0.2, -0.15) is 5.10 Å². The second-order valence-electron chi connectivity index (χ2n) is 5.21. The maximum Gasteiger partial charge on any atom is 0.0645 e. The van der Waals surface area contributed by atoms with Gasteiger partial charge >= 0.3 is 0 Å². The minimum atomic E-state index is 0. The Morgan fingerprint density at radius 1 is 1.00 bits per heavy atom. The van der Waals surface area contributed by atoms with Crippen molar-refractivity contribution in [1.82, 2.24) is 19.6 Å². The molecule has 1 saturated heterocycles. The number of hydrogen-bond acceptors (Lipinski definition) is 3. The molecule has 2 heterocycles. The second-order valence-corrected chi connectivity index (χ2v) is 5.21. The van der Waals surface area contributed by atoms with Crippen molar-refractivity contribution in [3.8, 4) is 5.69 Å². The molecule has 1 aliphatic heterocycles. The van der Waals surface area contributed by atoms with E-state index in [0.717, 1.165) is 38.4 Å². The predicted octanol–water partition coefficient (Wildman–Crippen LogP) is 2.46. The van der Waals surface area contributed by atoms with E-state index in [2.05, 4.69) is 40.3 Å². The molecule has 0 radical (unpaired) electrons. The lowest BCUT2D eigenvalue weighted by Crippen LogP contribution is -2.43. The summed E-state index contributed by atoms with van der Waals surface area (Å²) in [5.41, 5.74) is 2.40. The quantitative estimate of drug-likeness (QED) is 0.865. The lowest BCUT2D eigenvalue weighted by molar-refractivity contribution is 0.148. The summed E-state index contributed by atoms with van der Waals surface area (Å²) in [4.78, 5) is 4.87. The van der Waals surface area contributed by atoms with Gasteiger partial charge in [0.05, 0.1) is 11.9 Å². The van der Waals surface area contributed by atoms with Crippen molar-refractivity contribution in [2.75, 3.05) is 33.2 Å². The monoisotopic (exact) mass is 328 g/mol. The minimum absolute atomic E-state index is 0. The highest BCUT2D eigenvalue weighted by Gasteiger charge is 2.14. The summed E-state index contributed by atoms with van der Waals surface area (Å²) in [6.45, 7) is 5.61. The molecule has 4 nitrogen and oxygen atoms in total. The minimum Gasteiger partial charge on any atom is -0.304 e. The van der Waals surface area contributed by atoms with Crippen molar-refractivity contribution in [2.24, 2.45) is 0 Å². The first-order valence-electron chi connectivity index (χ1n) is 6.81. The van der Waals surface area contributed by atoms with E-state index in [1.165, 1.54) is 5.56 Å². The standard InChI is InChI=1S/C15H20N4.2ClH/c1-17-7-9-18(10-8-17)12-14-11-16-19(13-14)15-5-3-2-4-6-15;;/h2-6,11,13H,7-10,12H2,1H3;2*1H. The first kappa shape index (κ1) is 18.0. The van der Waals surface area contributed by atoms with Gasteiger partial charge in [0, 0.05) is 44.5 Å². The number of hydrogen-bond donors (Lipinski definition) is 0. The molecular weight excluding hydrogens is 307 g/mol. The van der Waals surface area contributed by atoms with Crippen LogP contribution < -0.4 is 0 Å². The Morgan fingerprint density at radius 2 is 1.67 bits per heavy atom. The van der Waals surface area contributed by atoms with Crippen molar-refractivity contribution < 1.29 is 0 Å². The third kappa shape index (κ3) is 4.71. The predicted molar refractivity (Wildman–Crippen MR) is 90.8 cm³/mol. The van der Waals surface area contributed by atoms with E-state index < -0.39 is 0 Å². The van der Waals surface area contributed by atoms with Crippen molar-refractivity contribution in [2.45, 2.75) is 6.54 Å². The Kier molecular flexibility index (Phi) is 7.18. The smallest absolute Gasteiger partial charge is 0.0645 e. The van der Waals surface area contributed by atoms with Gasteiger partial charge in [-0.3, -0.25) is 4.90 Å². The third-order valence-corrected chi connectivity index (χ3v) is 3.66. The Morgan fingerprint density at radius 3 is 2.33 bits per heavy atom. The van der Waals surface area contributed by atoms with E-state index in [-0.39, 0.29) is 24.8 Å². The van der Waals surface area contributed by atoms with Crippen LogP contribution in [-0.2, 0) is 6.54 Å². The molecule has 0 atom stereocenters. The van der Waals surface area contributed by atoms with Crippen LogP contribution in [0.25, 0.3) is 5.69 Å². The van der Waals surface area contributed by atoms with Gasteiger partial charge in [-0.1, -0.05) is 18.2 Å².